The third kappa shape index (κ3) is 6.92. The average molecular weight is 531 g/mol. The fraction of sp³-hybridized carbons (Fsp3) is 0.143. The molecular weight excluding hydrogens is 500 g/mol. The molecule has 4 rings (SSSR count). The fourth-order valence-electron chi connectivity index (χ4n) is 3.75. The van der Waals surface area contributed by atoms with Crippen LogP contribution in [0.25, 0.3) is 11.8 Å². The van der Waals surface area contributed by atoms with Crippen LogP contribution in [0.15, 0.2) is 78.1 Å². The monoisotopic (exact) mass is 530 g/mol. The van der Waals surface area contributed by atoms with Crippen LogP contribution in [0.5, 0.6) is 11.5 Å². The first kappa shape index (κ1) is 28.3. The number of carboxylic acid groups (broad SMARTS) is 1. The lowest BCUT2D eigenvalue weighted by atomic mass is 10.0. The minimum absolute atomic E-state index is 0.0150. The molecule has 1 atom stereocenters. The molecule has 0 spiro atoms. The summed E-state index contributed by atoms with van der Waals surface area (Å²) in [6, 6.07) is 19.4. The van der Waals surface area contributed by atoms with Gasteiger partial charge in [-0.1, -0.05) is 30.9 Å². The third-order valence-corrected chi connectivity index (χ3v) is 5.54. The Morgan fingerprint density at radius 1 is 1.13 bits per heavy atom. The Labute approximate surface area is 225 Å². The number of amidine groups is 1. The highest BCUT2D eigenvalue weighted by atomic mass is 16.5. The van der Waals surface area contributed by atoms with E-state index in [2.05, 4.69) is 22.0 Å². The van der Waals surface area contributed by atoms with Crippen LogP contribution in [0, 0.1) is 5.41 Å². The minimum Gasteiger partial charge on any atom is -0.496 e. The molecule has 1 aromatic heterocycles. The Hall–Kier alpha value is -5.32. The van der Waals surface area contributed by atoms with E-state index in [0.717, 1.165) is 23.7 Å². The predicted molar refractivity (Wildman–Crippen MR) is 150 cm³/mol. The maximum atomic E-state index is 12.9. The number of anilines is 1. The highest BCUT2D eigenvalue weighted by molar-refractivity contribution is 5.95. The van der Waals surface area contributed by atoms with E-state index < -0.39 is 17.7 Å². The number of aliphatic carboxylic acids is 1. The SMILES string of the molecule is C=Cc1cc(C(Nc2ccc(C(=N)N)cc2)c2nn(-c3ccccc3OC)c(=O)[nH]2)ccc1OC.CC(=O)O. The molecule has 202 valence electrons. The van der Waals surface area contributed by atoms with Gasteiger partial charge in [0.2, 0.25) is 0 Å². The van der Waals surface area contributed by atoms with Gasteiger partial charge in [-0.3, -0.25) is 15.2 Å². The van der Waals surface area contributed by atoms with E-state index in [1.165, 1.54) is 4.68 Å². The zero-order chi connectivity index (χ0) is 28.5. The highest BCUT2D eigenvalue weighted by Crippen LogP contribution is 2.30. The Morgan fingerprint density at radius 2 is 1.77 bits per heavy atom. The summed E-state index contributed by atoms with van der Waals surface area (Å²) in [5.41, 5.74) is 8.70. The lowest BCUT2D eigenvalue weighted by Crippen LogP contribution is -2.16. The van der Waals surface area contributed by atoms with E-state index in [1.54, 1.807) is 44.6 Å². The molecule has 39 heavy (non-hydrogen) atoms. The summed E-state index contributed by atoms with van der Waals surface area (Å²) in [6.45, 7) is 4.96. The van der Waals surface area contributed by atoms with Crippen molar-refractivity contribution >= 4 is 23.6 Å². The number of H-pyrrole nitrogens is 1. The largest absolute Gasteiger partial charge is 0.496 e. The fourth-order valence-corrected chi connectivity index (χ4v) is 3.75. The van der Waals surface area contributed by atoms with Crippen LogP contribution in [0.3, 0.4) is 0 Å². The maximum Gasteiger partial charge on any atom is 0.348 e. The van der Waals surface area contributed by atoms with E-state index >= 15 is 0 Å². The van der Waals surface area contributed by atoms with Crippen molar-refractivity contribution in [3.8, 4) is 17.2 Å². The van der Waals surface area contributed by atoms with Crippen LogP contribution in [-0.4, -0.2) is 45.9 Å². The lowest BCUT2D eigenvalue weighted by Gasteiger charge is -2.20. The summed E-state index contributed by atoms with van der Waals surface area (Å²) in [6.07, 6.45) is 1.71. The number of methoxy groups -OCH3 is 2. The summed E-state index contributed by atoms with van der Waals surface area (Å²) < 4.78 is 12.1. The number of para-hydroxylation sites is 2. The molecule has 0 fully saturated rings. The van der Waals surface area contributed by atoms with Gasteiger partial charge in [0.05, 0.1) is 14.2 Å². The van der Waals surface area contributed by atoms with Gasteiger partial charge in [-0.15, -0.1) is 5.10 Å². The number of hydrogen-bond donors (Lipinski definition) is 5. The molecule has 0 amide bonds. The van der Waals surface area contributed by atoms with Gasteiger partial charge in [0, 0.05) is 23.7 Å². The second-order valence-corrected chi connectivity index (χ2v) is 8.19. The molecule has 0 aliphatic carbocycles. The summed E-state index contributed by atoms with van der Waals surface area (Å²) in [5.74, 6) is 0.757. The Kier molecular flexibility index (Phi) is 9.25. The number of nitrogens with one attached hydrogen (secondary N) is 3. The van der Waals surface area contributed by atoms with Crippen LogP contribution in [0.1, 0.15) is 35.5 Å². The van der Waals surface area contributed by atoms with Crippen LogP contribution in [0.4, 0.5) is 5.69 Å². The van der Waals surface area contributed by atoms with Gasteiger partial charge >= 0.3 is 5.69 Å². The third-order valence-electron chi connectivity index (χ3n) is 5.54. The molecule has 0 saturated carbocycles. The van der Waals surface area contributed by atoms with Crippen molar-refractivity contribution in [1.82, 2.24) is 14.8 Å². The van der Waals surface area contributed by atoms with Crippen LogP contribution in [0.2, 0.25) is 0 Å². The van der Waals surface area contributed by atoms with Crippen molar-refractivity contribution in [2.75, 3.05) is 19.5 Å². The molecule has 0 aliphatic rings. The zero-order valence-electron chi connectivity index (χ0n) is 21.8. The Morgan fingerprint density at radius 3 is 2.36 bits per heavy atom. The number of carbonyl (C=O) groups is 1. The molecule has 3 aromatic carbocycles. The number of aromatic amines is 1. The molecular formula is C28H30N6O5. The first-order chi connectivity index (χ1) is 18.7. The van der Waals surface area contributed by atoms with Gasteiger partial charge < -0.3 is 25.6 Å². The first-order valence-corrected chi connectivity index (χ1v) is 11.7. The van der Waals surface area contributed by atoms with Crippen LogP contribution in [-0.2, 0) is 4.79 Å². The van der Waals surface area contributed by atoms with Gasteiger partial charge in [0.15, 0.2) is 5.82 Å². The average Bonchev–Trinajstić information content (AvgIpc) is 3.32. The molecule has 11 heteroatoms. The van der Waals surface area contributed by atoms with Gasteiger partial charge in [0.25, 0.3) is 5.97 Å². The molecule has 0 saturated heterocycles. The number of hydrogen-bond acceptors (Lipinski definition) is 7. The summed E-state index contributed by atoms with van der Waals surface area (Å²) in [7, 11) is 3.14. The quantitative estimate of drug-likeness (QED) is 0.161. The Bertz CT molecular complexity index is 1520. The number of ether oxygens (including phenoxy) is 2. The molecule has 0 radical (unpaired) electrons. The molecule has 1 unspecified atom stereocenters. The molecule has 4 aromatic rings. The van der Waals surface area contributed by atoms with E-state index in [4.69, 9.17) is 30.5 Å². The standard InChI is InChI=1S/C26H26N6O3.C2H4O2/c1-4-16-15-18(11-14-21(16)34-2)23(29-19-12-9-17(10-13-19)24(27)28)25-30-26(33)32(31-25)20-7-5-6-8-22(20)35-3;1-2(3)4/h4-15,23,29H,1H2,2-3H3,(H3,27,28)(H,30,31,33);1H3,(H,3,4). The molecule has 1 heterocycles. The van der Waals surface area contributed by atoms with Crippen LogP contribution >= 0.6 is 0 Å². The van der Waals surface area contributed by atoms with Gasteiger partial charge in [-0.05, 0) is 54.1 Å². The number of aromatic nitrogens is 3. The second-order valence-electron chi connectivity index (χ2n) is 8.19. The van der Waals surface area contributed by atoms with Gasteiger partial charge in [-0.2, -0.15) is 4.68 Å². The number of nitrogen functional groups attached to an aromatic ring is 1. The van der Waals surface area contributed by atoms with Crippen molar-refractivity contribution in [2.45, 2.75) is 13.0 Å². The van der Waals surface area contributed by atoms with E-state index in [1.807, 2.05) is 42.5 Å². The summed E-state index contributed by atoms with van der Waals surface area (Å²) in [5, 5.41) is 23.1. The molecule has 0 bridgehead atoms. The smallest absolute Gasteiger partial charge is 0.348 e. The maximum absolute atomic E-state index is 12.9. The number of nitrogens with zero attached hydrogens (tertiary/aromatic N) is 2. The number of rotatable bonds is 9. The Balaban J connectivity index is 0.000000983. The normalized spacial score (nSPS) is 10.9. The van der Waals surface area contributed by atoms with Gasteiger partial charge in [0.1, 0.15) is 29.1 Å². The molecule has 0 aliphatic heterocycles. The van der Waals surface area contributed by atoms with Crippen molar-refractivity contribution in [3.05, 3.63) is 106 Å². The molecule has 11 nitrogen and oxygen atoms in total. The highest BCUT2D eigenvalue weighted by Gasteiger charge is 2.22. The van der Waals surface area contributed by atoms with Crippen molar-refractivity contribution < 1.29 is 19.4 Å². The second kappa shape index (κ2) is 12.8. The minimum atomic E-state index is -0.833. The summed E-state index contributed by atoms with van der Waals surface area (Å²) in [4.78, 5) is 24.8. The number of nitrogens with two attached hydrogens (primary N) is 1. The van der Waals surface area contributed by atoms with E-state index in [0.29, 0.717) is 28.6 Å². The predicted octanol–water partition coefficient (Wildman–Crippen LogP) is 3.80. The zero-order valence-corrected chi connectivity index (χ0v) is 21.8. The van der Waals surface area contributed by atoms with Crippen molar-refractivity contribution in [2.24, 2.45) is 5.73 Å². The van der Waals surface area contributed by atoms with E-state index in [9.17, 15) is 4.79 Å². The van der Waals surface area contributed by atoms with Crippen molar-refractivity contribution in [3.63, 3.8) is 0 Å². The number of benzene rings is 3. The van der Waals surface area contributed by atoms with Gasteiger partial charge in [-0.25, -0.2) is 4.79 Å². The summed E-state index contributed by atoms with van der Waals surface area (Å²) >= 11 is 0. The lowest BCUT2D eigenvalue weighted by molar-refractivity contribution is -0.134. The molecule has 6 N–H and O–H groups in total. The first-order valence-electron chi connectivity index (χ1n) is 11.7. The van der Waals surface area contributed by atoms with Crippen LogP contribution < -0.4 is 26.2 Å². The number of carboxylic acids is 1. The van der Waals surface area contributed by atoms with E-state index in [-0.39, 0.29) is 5.84 Å². The van der Waals surface area contributed by atoms with Crippen molar-refractivity contribution in [1.29, 1.82) is 5.41 Å². The topological polar surface area (TPSA) is 168 Å².